The number of rotatable bonds is 5. The molecule has 1 aromatic heterocycles. The third-order valence-corrected chi connectivity index (χ3v) is 5.00. The van der Waals surface area contributed by atoms with E-state index in [-0.39, 0.29) is 5.25 Å². The van der Waals surface area contributed by atoms with Crippen LogP contribution in [0.1, 0.15) is 38.5 Å². The molecule has 3 N–H and O–H groups in total. The van der Waals surface area contributed by atoms with Gasteiger partial charge in [-0.3, -0.25) is 15.2 Å². The Labute approximate surface area is 115 Å². The van der Waals surface area contributed by atoms with Gasteiger partial charge in [-0.05, 0) is 38.5 Å². The summed E-state index contributed by atoms with van der Waals surface area (Å²) in [6, 6.07) is 0.408. The van der Waals surface area contributed by atoms with Gasteiger partial charge in [0.05, 0.1) is 0 Å². The van der Waals surface area contributed by atoms with E-state index in [9.17, 15) is 9.90 Å². The van der Waals surface area contributed by atoms with Crippen LogP contribution >= 0.6 is 11.8 Å². The smallest absolute Gasteiger partial charge is 0.323 e. The second-order valence-corrected chi connectivity index (χ2v) is 6.72. The van der Waals surface area contributed by atoms with Crippen molar-refractivity contribution in [1.29, 1.82) is 0 Å². The summed E-state index contributed by atoms with van der Waals surface area (Å²) >= 11 is 1.61. The van der Waals surface area contributed by atoms with E-state index in [1.165, 1.54) is 6.33 Å². The normalized spacial score (nSPS) is 31.3. The second-order valence-electron chi connectivity index (χ2n) is 5.43. The summed E-state index contributed by atoms with van der Waals surface area (Å²) in [7, 11) is 0. The van der Waals surface area contributed by atoms with E-state index in [4.69, 9.17) is 0 Å². The lowest BCUT2D eigenvalue weighted by Gasteiger charge is -2.38. The summed E-state index contributed by atoms with van der Waals surface area (Å²) in [5.41, 5.74) is -0.739. The number of nitrogens with one attached hydrogen (secondary N) is 2. The Kier molecular flexibility index (Phi) is 3.49. The average Bonchev–Trinajstić information content (AvgIpc) is 3.03. The van der Waals surface area contributed by atoms with Gasteiger partial charge in [-0.2, -0.15) is 5.10 Å². The van der Waals surface area contributed by atoms with E-state index in [1.807, 2.05) is 0 Å². The highest BCUT2D eigenvalue weighted by Crippen LogP contribution is 2.39. The summed E-state index contributed by atoms with van der Waals surface area (Å²) in [4.78, 5) is 15.8. The lowest BCUT2D eigenvalue weighted by Crippen LogP contribution is -2.56. The topological polar surface area (TPSA) is 90.9 Å². The zero-order valence-electron chi connectivity index (χ0n) is 10.6. The SMILES string of the molecule is O=C(O)C1(NC2CC2)CCCC(Sc2ncn[nH]2)C1. The van der Waals surface area contributed by atoms with Crippen LogP contribution in [0.3, 0.4) is 0 Å². The molecule has 1 aromatic rings. The molecule has 0 bridgehead atoms. The van der Waals surface area contributed by atoms with Crippen molar-refractivity contribution in [2.24, 2.45) is 0 Å². The quantitative estimate of drug-likeness (QED) is 0.756. The van der Waals surface area contributed by atoms with Gasteiger partial charge in [-0.1, -0.05) is 11.8 Å². The minimum atomic E-state index is -0.739. The zero-order chi connectivity index (χ0) is 13.3. The van der Waals surface area contributed by atoms with Crippen molar-refractivity contribution < 1.29 is 9.90 Å². The Morgan fingerprint density at radius 1 is 1.53 bits per heavy atom. The Balaban J connectivity index is 1.68. The third-order valence-electron chi connectivity index (χ3n) is 3.84. The van der Waals surface area contributed by atoms with E-state index in [2.05, 4.69) is 20.5 Å². The van der Waals surface area contributed by atoms with Crippen LogP contribution in [0.4, 0.5) is 0 Å². The number of aliphatic carboxylic acids is 1. The predicted molar refractivity (Wildman–Crippen MR) is 71.0 cm³/mol. The lowest BCUT2D eigenvalue weighted by atomic mass is 9.81. The van der Waals surface area contributed by atoms with E-state index >= 15 is 0 Å². The standard InChI is InChI=1S/C12H18N4O2S/c17-10(18)12(15-8-3-4-8)5-1-2-9(6-12)19-11-13-7-14-16-11/h7-9,15H,1-6H2,(H,17,18)(H,13,14,16). The molecule has 104 valence electrons. The van der Waals surface area contributed by atoms with Crippen LogP contribution in [0.5, 0.6) is 0 Å². The highest BCUT2D eigenvalue weighted by atomic mass is 32.2. The molecular formula is C12H18N4O2S. The molecule has 2 aliphatic carbocycles. The number of hydrogen-bond donors (Lipinski definition) is 3. The molecule has 19 heavy (non-hydrogen) atoms. The van der Waals surface area contributed by atoms with Crippen LogP contribution in [0.25, 0.3) is 0 Å². The minimum absolute atomic E-state index is 0.282. The third kappa shape index (κ3) is 2.92. The molecule has 3 rings (SSSR count). The van der Waals surface area contributed by atoms with E-state index in [0.29, 0.717) is 12.5 Å². The number of carboxylic acids is 1. The number of carbonyl (C=O) groups is 1. The van der Waals surface area contributed by atoms with Crippen LogP contribution in [0, 0.1) is 0 Å². The van der Waals surface area contributed by atoms with Gasteiger partial charge in [0.15, 0.2) is 5.16 Å². The molecule has 2 fully saturated rings. The fourth-order valence-electron chi connectivity index (χ4n) is 2.74. The molecule has 2 unspecified atom stereocenters. The summed E-state index contributed by atoms with van der Waals surface area (Å²) in [5.74, 6) is -0.706. The first-order valence-electron chi connectivity index (χ1n) is 6.71. The first-order valence-corrected chi connectivity index (χ1v) is 7.59. The number of H-pyrrole nitrogens is 1. The Hall–Kier alpha value is -1.08. The van der Waals surface area contributed by atoms with Crippen molar-refractivity contribution in [3.8, 4) is 0 Å². The summed E-state index contributed by atoms with van der Waals surface area (Å²) < 4.78 is 0. The summed E-state index contributed by atoms with van der Waals surface area (Å²) in [6.45, 7) is 0. The fourth-order valence-corrected chi connectivity index (χ4v) is 3.92. The summed E-state index contributed by atoms with van der Waals surface area (Å²) in [5, 5.41) is 20.7. The van der Waals surface area contributed by atoms with Crippen molar-refractivity contribution >= 4 is 17.7 Å². The number of thioether (sulfide) groups is 1. The van der Waals surface area contributed by atoms with Gasteiger partial charge in [0, 0.05) is 11.3 Å². The Morgan fingerprint density at radius 3 is 3.00 bits per heavy atom. The van der Waals surface area contributed by atoms with Gasteiger partial charge >= 0.3 is 5.97 Å². The highest BCUT2D eigenvalue weighted by molar-refractivity contribution is 7.99. The molecule has 2 saturated carbocycles. The maximum absolute atomic E-state index is 11.7. The van der Waals surface area contributed by atoms with Crippen molar-refractivity contribution in [3.05, 3.63) is 6.33 Å². The Bertz CT molecular complexity index is 449. The monoisotopic (exact) mass is 282 g/mol. The molecular weight excluding hydrogens is 264 g/mol. The van der Waals surface area contributed by atoms with Gasteiger partial charge in [-0.25, -0.2) is 4.98 Å². The van der Waals surface area contributed by atoms with E-state index < -0.39 is 11.5 Å². The molecule has 7 heteroatoms. The van der Waals surface area contributed by atoms with Crippen LogP contribution in [-0.2, 0) is 4.79 Å². The number of aromatic nitrogens is 3. The van der Waals surface area contributed by atoms with Crippen molar-refractivity contribution in [1.82, 2.24) is 20.5 Å². The molecule has 0 saturated heterocycles. The number of carboxylic acid groups (broad SMARTS) is 1. The highest BCUT2D eigenvalue weighted by Gasteiger charge is 2.46. The van der Waals surface area contributed by atoms with E-state index in [0.717, 1.165) is 37.3 Å². The molecule has 2 atom stereocenters. The predicted octanol–water partition coefficient (Wildman–Crippen LogP) is 1.41. The molecule has 1 heterocycles. The largest absolute Gasteiger partial charge is 0.480 e. The average molecular weight is 282 g/mol. The number of aromatic amines is 1. The minimum Gasteiger partial charge on any atom is -0.480 e. The van der Waals surface area contributed by atoms with Crippen LogP contribution in [-0.4, -0.2) is 43.1 Å². The Morgan fingerprint density at radius 2 is 2.37 bits per heavy atom. The molecule has 0 radical (unpaired) electrons. The maximum Gasteiger partial charge on any atom is 0.323 e. The van der Waals surface area contributed by atoms with Gasteiger partial charge in [0.2, 0.25) is 0 Å². The van der Waals surface area contributed by atoms with Crippen molar-refractivity contribution in [3.63, 3.8) is 0 Å². The molecule has 0 aliphatic heterocycles. The van der Waals surface area contributed by atoms with Crippen molar-refractivity contribution in [2.75, 3.05) is 0 Å². The molecule has 6 nitrogen and oxygen atoms in total. The first kappa shape index (κ1) is 12.9. The van der Waals surface area contributed by atoms with Crippen LogP contribution in [0.15, 0.2) is 11.5 Å². The first-order chi connectivity index (χ1) is 9.18. The molecule has 0 spiro atoms. The van der Waals surface area contributed by atoms with Crippen LogP contribution < -0.4 is 5.32 Å². The summed E-state index contributed by atoms with van der Waals surface area (Å²) in [6.07, 6.45) is 7.06. The van der Waals surface area contributed by atoms with Gasteiger partial charge in [0.25, 0.3) is 0 Å². The van der Waals surface area contributed by atoms with E-state index in [1.54, 1.807) is 11.8 Å². The van der Waals surface area contributed by atoms with Crippen LogP contribution in [0.2, 0.25) is 0 Å². The van der Waals surface area contributed by atoms with Gasteiger partial charge in [0.1, 0.15) is 11.9 Å². The number of hydrogen-bond acceptors (Lipinski definition) is 5. The molecule has 0 amide bonds. The van der Waals surface area contributed by atoms with Crippen molar-refractivity contribution in [2.45, 2.75) is 60.5 Å². The van der Waals surface area contributed by atoms with Gasteiger partial charge < -0.3 is 5.11 Å². The number of nitrogens with zero attached hydrogens (tertiary/aromatic N) is 2. The maximum atomic E-state index is 11.7. The second kappa shape index (κ2) is 5.13. The molecule has 2 aliphatic rings. The fraction of sp³-hybridized carbons (Fsp3) is 0.750. The lowest BCUT2D eigenvalue weighted by molar-refractivity contribution is -0.146. The van der Waals surface area contributed by atoms with Gasteiger partial charge in [-0.15, -0.1) is 0 Å². The zero-order valence-corrected chi connectivity index (χ0v) is 11.4. The molecule has 0 aromatic carbocycles.